The molecule has 0 radical (unpaired) electrons. The lowest BCUT2D eigenvalue weighted by Crippen LogP contribution is -2.12. The molecule has 1 amide bonds. The van der Waals surface area contributed by atoms with Crippen LogP contribution < -0.4 is 10.1 Å². The number of carbonyl (C=O) groups is 2. The normalized spacial score (nSPS) is 10.9. The van der Waals surface area contributed by atoms with E-state index in [1.54, 1.807) is 51.3 Å². The topological polar surface area (TPSA) is 64.6 Å². The summed E-state index contributed by atoms with van der Waals surface area (Å²) in [7, 11) is 1.57. The van der Waals surface area contributed by atoms with Gasteiger partial charge < -0.3 is 14.8 Å². The summed E-state index contributed by atoms with van der Waals surface area (Å²) in [5.41, 5.74) is 1.76. The lowest BCUT2D eigenvalue weighted by atomic mass is 10.2. The molecule has 0 aliphatic heterocycles. The fourth-order valence-electron chi connectivity index (χ4n) is 2.24. The number of methoxy groups -OCH3 is 1. The van der Waals surface area contributed by atoms with Gasteiger partial charge in [-0.15, -0.1) is 0 Å². The van der Waals surface area contributed by atoms with Crippen LogP contribution >= 0.6 is 31.9 Å². The van der Waals surface area contributed by atoms with Crippen LogP contribution in [-0.2, 0) is 9.53 Å². The maximum atomic E-state index is 12.2. The average Bonchev–Trinajstić information content (AvgIpc) is 2.59. The minimum atomic E-state index is -0.393. The van der Waals surface area contributed by atoms with Gasteiger partial charge in [0.15, 0.2) is 0 Å². The molecule has 0 heterocycles. The minimum absolute atomic E-state index is 0.183. The van der Waals surface area contributed by atoms with Crippen LogP contribution in [0, 0.1) is 0 Å². The Morgan fingerprint density at radius 1 is 1.11 bits per heavy atom. The van der Waals surface area contributed by atoms with Gasteiger partial charge in [-0.1, -0.05) is 15.9 Å². The molecule has 0 aliphatic rings. The molecule has 0 atom stereocenters. The van der Waals surface area contributed by atoms with E-state index >= 15 is 0 Å². The van der Waals surface area contributed by atoms with E-state index in [4.69, 9.17) is 9.47 Å². The maximum Gasteiger partial charge on any atom is 0.338 e. The second-order valence-electron chi connectivity index (χ2n) is 5.86. The number of hydrogen-bond acceptors (Lipinski definition) is 4. The van der Waals surface area contributed by atoms with Gasteiger partial charge in [0.2, 0.25) is 5.91 Å². The molecule has 27 heavy (non-hydrogen) atoms. The van der Waals surface area contributed by atoms with E-state index in [0.717, 1.165) is 14.5 Å². The molecular weight excluding hydrogens is 478 g/mol. The van der Waals surface area contributed by atoms with Crippen LogP contribution in [0.2, 0.25) is 0 Å². The van der Waals surface area contributed by atoms with Crippen molar-refractivity contribution in [3.05, 3.63) is 62.5 Å². The van der Waals surface area contributed by atoms with Crippen LogP contribution in [0.25, 0.3) is 6.08 Å². The molecule has 142 valence electrons. The van der Waals surface area contributed by atoms with Crippen molar-refractivity contribution in [1.29, 1.82) is 0 Å². The Kier molecular flexibility index (Phi) is 7.62. The molecule has 0 fully saturated rings. The van der Waals surface area contributed by atoms with Crippen molar-refractivity contribution in [3.63, 3.8) is 0 Å². The third-order valence-corrected chi connectivity index (χ3v) is 4.43. The first-order chi connectivity index (χ1) is 12.8. The molecule has 1 N–H and O–H groups in total. The molecule has 0 unspecified atom stereocenters. The first kappa shape index (κ1) is 21.2. The van der Waals surface area contributed by atoms with E-state index < -0.39 is 5.97 Å². The summed E-state index contributed by atoms with van der Waals surface area (Å²) in [6.45, 7) is 3.58. The molecule has 2 aromatic rings. The van der Waals surface area contributed by atoms with E-state index in [1.807, 2.05) is 12.1 Å². The Labute approximate surface area is 175 Å². The lowest BCUT2D eigenvalue weighted by Gasteiger charge is -2.09. The van der Waals surface area contributed by atoms with Crippen LogP contribution in [-0.4, -0.2) is 25.1 Å². The molecular formula is C20H19Br2NO4. The van der Waals surface area contributed by atoms with E-state index in [-0.39, 0.29) is 12.0 Å². The lowest BCUT2D eigenvalue weighted by molar-refractivity contribution is -0.111. The summed E-state index contributed by atoms with van der Waals surface area (Å²) >= 11 is 6.84. The molecule has 0 aliphatic carbocycles. The number of rotatable bonds is 6. The van der Waals surface area contributed by atoms with Crippen LogP contribution in [0.5, 0.6) is 5.75 Å². The molecule has 2 rings (SSSR count). The first-order valence-electron chi connectivity index (χ1n) is 8.13. The number of anilines is 1. The van der Waals surface area contributed by atoms with Gasteiger partial charge in [0.1, 0.15) is 5.75 Å². The number of amides is 1. The second-order valence-corrected chi connectivity index (χ2v) is 7.63. The Bertz CT molecular complexity index is 861. The number of nitrogens with one attached hydrogen (secondary N) is 1. The van der Waals surface area contributed by atoms with Gasteiger partial charge in [0.05, 0.1) is 23.2 Å². The number of halogens is 2. The summed E-state index contributed by atoms with van der Waals surface area (Å²) in [5.74, 6) is -0.0592. The predicted molar refractivity (Wildman–Crippen MR) is 113 cm³/mol. The van der Waals surface area contributed by atoms with Gasteiger partial charge >= 0.3 is 5.97 Å². The number of benzene rings is 2. The van der Waals surface area contributed by atoms with Crippen LogP contribution in [0.3, 0.4) is 0 Å². The number of ether oxygens (including phenoxy) is 2. The van der Waals surface area contributed by atoms with E-state index in [0.29, 0.717) is 17.0 Å². The second kappa shape index (κ2) is 9.71. The van der Waals surface area contributed by atoms with Gasteiger partial charge in [-0.05, 0) is 72.3 Å². The monoisotopic (exact) mass is 495 g/mol. The van der Waals surface area contributed by atoms with Crippen molar-refractivity contribution < 1.29 is 19.1 Å². The Morgan fingerprint density at radius 3 is 2.37 bits per heavy atom. The smallest absolute Gasteiger partial charge is 0.338 e. The number of carbonyl (C=O) groups excluding carboxylic acids is 2. The standard InChI is InChI=1S/C20H19Br2NO4/c1-12(2)27-20(25)13-4-7-16(8-5-13)23-18(24)9-6-14-10-15(21)11-17(22)19(14)26-3/h4-12H,1-3H3,(H,23,24)/b9-6+. The summed E-state index contributed by atoms with van der Waals surface area (Å²) in [4.78, 5) is 24.0. The predicted octanol–water partition coefficient (Wildman–Crippen LogP) is 5.44. The van der Waals surface area contributed by atoms with Gasteiger partial charge in [-0.3, -0.25) is 4.79 Å². The van der Waals surface area contributed by atoms with Crippen LogP contribution in [0.1, 0.15) is 29.8 Å². The molecule has 7 heteroatoms. The fourth-order valence-corrected chi connectivity index (χ4v) is 3.66. The van der Waals surface area contributed by atoms with Crippen LogP contribution in [0.4, 0.5) is 5.69 Å². The zero-order valence-corrected chi connectivity index (χ0v) is 18.3. The van der Waals surface area contributed by atoms with Crippen molar-refractivity contribution in [1.82, 2.24) is 0 Å². The number of esters is 1. The van der Waals surface area contributed by atoms with Crippen molar-refractivity contribution in [2.24, 2.45) is 0 Å². The molecule has 0 saturated carbocycles. The molecule has 0 spiro atoms. The maximum absolute atomic E-state index is 12.2. The van der Waals surface area contributed by atoms with Gasteiger partial charge in [-0.2, -0.15) is 0 Å². The van der Waals surface area contributed by atoms with Crippen molar-refractivity contribution in [2.75, 3.05) is 12.4 Å². The van der Waals surface area contributed by atoms with Gasteiger partial charge in [0.25, 0.3) is 0 Å². The van der Waals surface area contributed by atoms with E-state index in [1.165, 1.54) is 6.08 Å². The Hall–Kier alpha value is -2.12. The average molecular weight is 497 g/mol. The SMILES string of the molecule is COc1c(Br)cc(Br)cc1/C=C/C(=O)Nc1ccc(C(=O)OC(C)C)cc1. The highest BCUT2D eigenvalue weighted by molar-refractivity contribution is 9.11. The zero-order valence-electron chi connectivity index (χ0n) is 15.1. The van der Waals surface area contributed by atoms with E-state index in [9.17, 15) is 9.59 Å². The highest BCUT2D eigenvalue weighted by Crippen LogP contribution is 2.33. The first-order valence-corrected chi connectivity index (χ1v) is 9.72. The summed E-state index contributed by atoms with van der Waals surface area (Å²) in [5, 5.41) is 2.74. The van der Waals surface area contributed by atoms with Gasteiger partial charge in [-0.25, -0.2) is 4.79 Å². The molecule has 0 bridgehead atoms. The highest BCUT2D eigenvalue weighted by atomic mass is 79.9. The van der Waals surface area contributed by atoms with E-state index in [2.05, 4.69) is 37.2 Å². The number of hydrogen-bond donors (Lipinski definition) is 1. The third kappa shape index (κ3) is 6.22. The van der Waals surface area contributed by atoms with Crippen molar-refractivity contribution >= 4 is 55.5 Å². The summed E-state index contributed by atoms with van der Waals surface area (Å²) < 4.78 is 12.1. The third-order valence-electron chi connectivity index (χ3n) is 3.39. The Balaban J connectivity index is 2.06. The molecule has 0 saturated heterocycles. The molecule has 0 aromatic heterocycles. The molecule has 5 nitrogen and oxygen atoms in total. The minimum Gasteiger partial charge on any atom is -0.495 e. The quantitative estimate of drug-likeness (QED) is 0.427. The van der Waals surface area contributed by atoms with Crippen LogP contribution in [0.15, 0.2) is 51.4 Å². The fraction of sp³-hybridized carbons (Fsp3) is 0.200. The van der Waals surface area contributed by atoms with Crippen molar-refractivity contribution in [2.45, 2.75) is 20.0 Å². The largest absolute Gasteiger partial charge is 0.495 e. The van der Waals surface area contributed by atoms with Crippen molar-refractivity contribution in [3.8, 4) is 5.75 Å². The van der Waals surface area contributed by atoms with Gasteiger partial charge in [0, 0.05) is 21.8 Å². The molecule has 2 aromatic carbocycles. The summed E-state index contributed by atoms with van der Waals surface area (Å²) in [6.07, 6.45) is 2.90. The summed E-state index contributed by atoms with van der Waals surface area (Å²) in [6, 6.07) is 10.2. The highest BCUT2D eigenvalue weighted by Gasteiger charge is 2.10. The Morgan fingerprint density at radius 2 is 1.78 bits per heavy atom. The zero-order chi connectivity index (χ0) is 20.0.